The van der Waals surface area contributed by atoms with Gasteiger partial charge in [-0.05, 0) is 36.4 Å². The molecule has 0 aliphatic carbocycles. The number of nitrogens with one attached hydrogen (secondary N) is 1. The number of amides is 1. The van der Waals surface area contributed by atoms with Gasteiger partial charge in [0.1, 0.15) is 11.6 Å². The first kappa shape index (κ1) is 17.1. The van der Waals surface area contributed by atoms with E-state index in [4.69, 9.17) is 16.3 Å². The molecule has 0 fully saturated rings. The average Bonchev–Trinajstić information content (AvgIpc) is 2.48. The lowest BCUT2D eigenvalue weighted by Gasteiger charge is -2.13. The highest BCUT2D eigenvalue weighted by Crippen LogP contribution is 2.36. The largest absolute Gasteiger partial charge is 0.496 e. The van der Waals surface area contributed by atoms with Crippen LogP contribution in [0.2, 0.25) is 5.02 Å². The maximum atomic E-state index is 13.3. The molecule has 2 aromatic carbocycles. The number of carbonyl (C=O) groups excluding carboxylic acids is 1. The molecule has 0 unspecified atom stereocenters. The van der Waals surface area contributed by atoms with Gasteiger partial charge in [-0.1, -0.05) is 11.6 Å². The molecule has 0 saturated carbocycles. The lowest BCUT2D eigenvalue weighted by molar-refractivity contribution is -0.137. The number of ether oxygens (including phenoxy) is 1. The summed E-state index contributed by atoms with van der Waals surface area (Å²) in [5, 5.41) is 1.77. The van der Waals surface area contributed by atoms with Crippen LogP contribution < -0.4 is 10.1 Å². The summed E-state index contributed by atoms with van der Waals surface area (Å²) < 4.78 is 56.6. The van der Waals surface area contributed by atoms with E-state index in [1.807, 2.05) is 0 Å². The van der Waals surface area contributed by atoms with Crippen molar-refractivity contribution in [2.24, 2.45) is 0 Å². The van der Waals surface area contributed by atoms with Gasteiger partial charge >= 0.3 is 6.18 Å². The fraction of sp³-hybridized carbons (Fsp3) is 0.133. The van der Waals surface area contributed by atoms with E-state index in [0.29, 0.717) is 6.07 Å². The number of hydrogen-bond acceptors (Lipinski definition) is 2. The molecule has 0 saturated heterocycles. The Bertz CT molecular complexity index is 747. The van der Waals surface area contributed by atoms with Crippen LogP contribution >= 0.6 is 11.6 Å². The summed E-state index contributed by atoms with van der Waals surface area (Å²) in [7, 11) is 1.29. The molecule has 0 atom stereocenters. The molecule has 0 heterocycles. The molecule has 0 radical (unpaired) electrons. The molecule has 8 heteroatoms. The maximum absolute atomic E-state index is 13.3. The summed E-state index contributed by atoms with van der Waals surface area (Å²) in [4.78, 5) is 12.1. The molecule has 1 amide bonds. The Balaban J connectivity index is 2.33. The van der Waals surface area contributed by atoms with Crippen LogP contribution in [0.15, 0.2) is 36.4 Å². The van der Waals surface area contributed by atoms with Crippen molar-refractivity contribution in [3.63, 3.8) is 0 Å². The fourth-order valence-electron chi connectivity index (χ4n) is 1.88. The second-order valence-corrected chi connectivity index (χ2v) is 4.90. The molecular formula is C15H10ClF4NO2. The number of halogens is 5. The predicted octanol–water partition coefficient (Wildman–Crippen LogP) is 4.76. The Morgan fingerprint density at radius 3 is 2.48 bits per heavy atom. The van der Waals surface area contributed by atoms with Crippen molar-refractivity contribution in [1.29, 1.82) is 0 Å². The Morgan fingerprint density at radius 1 is 1.17 bits per heavy atom. The number of hydrogen-bond donors (Lipinski definition) is 1. The van der Waals surface area contributed by atoms with Gasteiger partial charge in [0.2, 0.25) is 0 Å². The van der Waals surface area contributed by atoms with Crippen molar-refractivity contribution < 1.29 is 27.1 Å². The number of rotatable bonds is 3. The van der Waals surface area contributed by atoms with E-state index in [1.54, 1.807) is 0 Å². The zero-order valence-electron chi connectivity index (χ0n) is 11.7. The topological polar surface area (TPSA) is 38.3 Å². The van der Waals surface area contributed by atoms with Crippen molar-refractivity contribution in [2.75, 3.05) is 12.4 Å². The first-order valence-corrected chi connectivity index (χ1v) is 6.62. The van der Waals surface area contributed by atoms with Gasteiger partial charge in [0, 0.05) is 5.69 Å². The predicted molar refractivity (Wildman–Crippen MR) is 77.4 cm³/mol. The van der Waals surface area contributed by atoms with E-state index < -0.39 is 28.5 Å². The lowest BCUT2D eigenvalue weighted by Crippen LogP contribution is -2.14. The summed E-state index contributed by atoms with van der Waals surface area (Å²) in [6.07, 6.45) is -4.66. The third kappa shape index (κ3) is 3.92. The van der Waals surface area contributed by atoms with Crippen molar-refractivity contribution in [1.82, 2.24) is 0 Å². The van der Waals surface area contributed by atoms with Crippen LogP contribution in [0.4, 0.5) is 23.2 Å². The second kappa shape index (κ2) is 6.45. The number of anilines is 1. The van der Waals surface area contributed by atoms with E-state index in [1.165, 1.54) is 19.2 Å². The van der Waals surface area contributed by atoms with Gasteiger partial charge < -0.3 is 10.1 Å². The van der Waals surface area contributed by atoms with Crippen LogP contribution in [0.25, 0.3) is 0 Å². The van der Waals surface area contributed by atoms with E-state index in [9.17, 15) is 22.4 Å². The van der Waals surface area contributed by atoms with Gasteiger partial charge in [0.25, 0.3) is 5.91 Å². The molecule has 2 rings (SSSR count). The zero-order valence-corrected chi connectivity index (χ0v) is 12.4. The molecule has 0 aliphatic rings. The quantitative estimate of drug-likeness (QED) is 0.813. The maximum Gasteiger partial charge on any atom is 0.417 e. The minimum absolute atomic E-state index is 0.0916. The number of benzene rings is 2. The van der Waals surface area contributed by atoms with Gasteiger partial charge in [-0.3, -0.25) is 4.79 Å². The van der Waals surface area contributed by atoms with Crippen LogP contribution in [0.3, 0.4) is 0 Å². The standard InChI is InChI=1S/C15H10ClF4NO2/c1-23-13-5-2-8(17)6-10(13)14(22)21-9-3-4-12(16)11(7-9)15(18,19)20/h2-7H,1H3,(H,21,22). The van der Waals surface area contributed by atoms with Crippen LogP contribution in [0, 0.1) is 5.82 Å². The van der Waals surface area contributed by atoms with Crippen molar-refractivity contribution in [3.8, 4) is 5.75 Å². The third-order valence-corrected chi connectivity index (χ3v) is 3.27. The molecule has 2 aromatic rings. The van der Waals surface area contributed by atoms with Gasteiger partial charge in [-0.25, -0.2) is 4.39 Å². The minimum Gasteiger partial charge on any atom is -0.496 e. The summed E-state index contributed by atoms with van der Waals surface area (Å²) in [5.41, 5.74) is -1.35. The molecule has 122 valence electrons. The van der Waals surface area contributed by atoms with Gasteiger partial charge in [-0.15, -0.1) is 0 Å². The van der Waals surface area contributed by atoms with E-state index in [-0.39, 0.29) is 17.0 Å². The number of methoxy groups -OCH3 is 1. The normalized spacial score (nSPS) is 11.2. The van der Waals surface area contributed by atoms with Gasteiger partial charge in [0.15, 0.2) is 0 Å². The van der Waals surface area contributed by atoms with Crippen molar-refractivity contribution in [2.45, 2.75) is 6.18 Å². The Morgan fingerprint density at radius 2 is 1.87 bits per heavy atom. The highest BCUT2D eigenvalue weighted by atomic mass is 35.5. The lowest BCUT2D eigenvalue weighted by atomic mass is 10.1. The number of alkyl halides is 3. The third-order valence-electron chi connectivity index (χ3n) is 2.94. The van der Waals surface area contributed by atoms with Crippen molar-refractivity contribution in [3.05, 3.63) is 58.4 Å². The molecule has 0 aromatic heterocycles. The Hall–Kier alpha value is -2.28. The smallest absolute Gasteiger partial charge is 0.417 e. The van der Waals surface area contributed by atoms with Crippen LogP contribution in [-0.4, -0.2) is 13.0 Å². The Kier molecular flexibility index (Phi) is 4.79. The first-order chi connectivity index (χ1) is 10.7. The summed E-state index contributed by atoms with van der Waals surface area (Å²) in [6, 6.07) is 6.19. The van der Waals surface area contributed by atoms with Crippen LogP contribution in [0.1, 0.15) is 15.9 Å². The van der Waals surface area contributed by atoms with E-state index >= 15 is 0 Å². The minimum atomic E-state index is -4.66. The fourth-order valence-corrected chi connectivity index (χ4v) is 2.10. The monoisotopic (exact) mass is 347 g/mol. The summed E-state index contributed by atoms with van der Waals surface area (Å²) in [5.74, 6) is -1.39. The van der Waals surface area contributed by atoms with Gasteiger partial charge in [-0.2, -0.15) is 13.2 Å². The molecule has 3 nitrogen and oxygen atoms in total. The van der Waals surface area contributed by atoms with Crippen LogP contribution in [0.5, 0.6) is 5.75 Å². The van der Waals surface area contributed by atoms with Crippen molar-refractivity contribution >= 4 is 23.2 Å². The second-order valence-electron chi connectivity index (χ2n) is 4.49. The Labute approximate surface area is 133 Å². The summed E-state index contributed by atoms with van der Waals surface area (Å²) in [6.45, 7) is 0. The highest BCUT2D eigenvalue weighted by Gasteiger charge is 2.33. The van der Waals surface area contributed by atoms with Crippen LogP contribution in [-0.2, 0) is 6.18 Å². The molecular weight excluding hydrogens is 338 g/mol. The summed E-state index contributed by atoms with van der Waals surface area (Å²) >= 11 is 5.50. The average molecular weight is 348 g/mol. The molecule has 0 spiro atoms. The molecule has 1 N–H and O–H groups in total. The molecule has 23 heavy (non-hydrogen) atoms. The highest BCUT2D eigenvalue weighted by molar-refractivity contribution is 6.31. The van der Waals surface area contributed by atoms with Gasteiger partial charge in [0.05, 0.1) is 23.3 Å². The number of carbonyl (C=O) groups is 1. The first-order valence-electron chi connectivity index (χ1n) is 6.24. The molecule has 0 aliphatic heterocycles. The molecule has 0 bridgehead atoms. The zero-order chi connectivity index (χ0) is 17.2. The van der Waals surface area contributed by atoms with E-state index in [2.05, 4.69) is 5.32 Å². The van der Waals surface area contributed by atoms with E-state index in [0.717, 1.165) is 18.2 Å². The SMILES string of the molecule is COc1ccc(F)cc1C(=O)Nc1ccc(Cl)c(C(F)(F)F)c1.